The van der Waals surface area contributed by atoms with Crippen molar-refractivity contribution >= 4 is 16.9 Å². The molecule has 0 unspecified atom stereocenters. The molecule has 0 bridgehead atoms. The predicted molar refractivity (Wildman–Crippen MR) is 126 cm³/mol. The molecule has 4 aromatic rings. The highest BCUT2D eigenvalue weighted by molar-refractivity contribution is 5.91. The average Bonchev–Trinajstić information content (AvgIpc) is 3.42. The molecule has 1 saturated heterocycles. The molecule has 2 aliphatic rings. The normalized spacial score (nSPS) is 17.7. The number of nitrogens with zero attached hydrogens (tertiary/aromatic N) is 6. The molecule has 0 radical (unpaired) electrons. The largest absolute Gasteiger partial charge is 0.435 e. The van der Waals surface area contributed by atoms with E-state index in [0.717, 1.165) is 24.1 Å². The molecule has 6 rings (SSSR count). The van der Waals surface area contributed by atoms with Crippen LogP contribution in [0.3, 0.4) is 0 Å². The number of piperidine rings is 1. The standard InChI is InChI=1S/C25H26N6O4/c1-16-2-6-18(7-3-16)31-21-19(12-28-31)23(32)30(15-27-21)14-25(34)8-10-29(11-9-25)24(33)20-13-26-22(35-20)17-4-5-17/h2-3,6-7,12-13,15,17,34H,4-5,8-11,14H2,1H3. The first-order valence-corrected chi connectivity index (χ1v) is 11.9. The average molecular weight is 475 g/mol. The number of likely N-dealkylation sites (tertiary alicyclic amines) is 1. The number of amides is 1. The fourth-order valence-electron chi connectivity index (χ4n) is 4.60. The molecule has 1 aliphatic carbocycles. The molecule has 1 aromatic carbocycles. The van der Waals surface area contributed by atoms with Crippen LogP contribution >= 0.6 is 0 Å². The highest BCUT2D eigenvalue weighted by atomic mass is 16.4. The lowest BCUT2D eigenvalue weighted by molar-refractivity contribution is -0.0304. The van der Waals surface area contributed by atoms with Crippen LogP contribution in [-0.2, 0) is 6.54 Å². The maximum atomic E-state index is 13.1. The Hall–Kier alpha value is -3.79. The predicted octanol–water partition coefficient (Wildman–Crippen LogP) is 2.42. The fraction of sp³-hybridized carbons (Fsp3) is 0.400. The molecule has 180 valence electrons. The molecule has 10 heteroatoms. The lowest BCUT2D eigenvalue weighted by Crippen LogP contribution is -2.49. The van der Waals surface area contributed by atoms with Gasteiger partial charge in [-0.1, -0.05) is 17.7 Å². The first-order chi connectivity index (χ1) is 16.9. The number of aliphatic hydroxyl groups is 1. The Morgan fingerprint density at radius 3 is 2.60 bits per heavy atom. The quantitative estimate of drug-likeness (QED) is 0.472. The van der Waals surface area contributed by atoms with Gasteiger partial charge < -0.3 is 14.4 Å². The number of aromatic nitrogens is 5. The third kappa shape index (κ3) is 4.03. The summed E-state index contributed by atoms with van der Waals surface area (Å²) in [6, 6.07) is 7.81. The zero-order valence-electron chi connectivity index (χ0n) is 19.4. The summed E-state index contributed by atoms with van der Waals surface area (Å²) < 4.78 is 8.71. The van der Waals surface area contributed by atoms with Gasteiger partial charge in [0.25, 0.3) is 11.5 Å². The first kappa shape index (κ1) is 21.7. The second-order valence-electron chi connectivity index (χ2n) is 9.66. The number of aryl methyl sites for hydroxylation is 1. The third-order valence-electron chi connectivity index (χ3n) is 6.94. The summed E-state index contributed by atoms with van der Waals surface area (Å²) in [6.07, 6.45) is 7.26. The maximum absolute atomic E-state index is 13.1. The highest BCUT2D eigenvalue weighted by Crippen LogP contribution is 2.39. The summed E-state index contributed by atoms with van der Waals surface area (Å²) in [6.45, 7) is 2.84. The van der Waals surface area contributed by atoms with E-state index in [1.165, 1.54) is 23.3 Å². The molecule has 0 atom stereocenters. The van der Waals surface area contributed by atoms with Gasteiger partial charge in [0.2, 0.25) is 5.76 Å². The Morgan fingerprint density at radius 2 is 1.89 bits per heavy atom. The van der Waals surface area contributed by atoms with E-state index in [0.29, 0.717) is 48.8 Å². The number of fused-ring (bicyclic) bond motifs is 1. The summed E-state index contributed by atoms with van der Waals surface area (Å²) in [5, 5.41) is 15.9. The van der Waals surface area contributed by atoms with Crippen molar-refractivity contribution in [2.45, 2.75) is 50.7 Å². The van der Waals surface area contributed by atoms with Gasteiger partial charge in [-0.2, -0.15) is 5.10 Å². The number of benzene rings is 1. The molecular weight excluding hydrogens is 448 g/mol. The number of hydrogen-bond donors (Lipinski definition) is 1. The van der Waals surface area contributed by atoms with Crippen molar-refractivity contribution in [3.63, 3.8) is 0 Å². The van der Waals surface area contributed by atoms with E-state index in [1.54, 1.807) is 9.58 Å². The molecule has 1 aliphatic heterocycles. The molecule has 2 fully saturated rings. The van der Waals surface area contributed by atoms with Gasteiger partial charge in [-0.05, 0) is 44.7 Å². The second-order valence-corrected chi connectivity index (χ2v) is 9.66. The van der Waals surface area contributed by atoms with Crippen LogP contribution in [0.15, 0.2) is 52.2 Å². The molecule has 35 heavy (non-hydrogen) atoms. The summed E-state index contributed by atoms with van der Waals surface area (Å²) in [7, 11) is 0. The molecule has 1 amide bonds. The minimum absolute atomic E-state index is 0.0979. The van der Waals surface area contributed by atoms with Crippen LogP contribution < -0.4 is 5.56 Å². The number of rotatable bonds is 5. The van der Waals surface area contributed by atoms with E-state index in [4.69, 9.17) is 4.42 Å². The van der Waals surface area contributed by atoms with Crippen molar-refractivity contribution in [1.29, 1.82) is 0 Å². The van der Waals surface area contributed by atoms with E-state index in [1.807, 2.05) is 31.2 Å². The van der Waals surface area contributed by atoms with E-state index in [-0.39, 0.29) is 23.8 Å². The lowest BCUT2D eigenvalue weighted by atomic mass is 9.91. The third-order valence-corrected chi connectivity index (χ3v) is 6.94. The van der Waals surface area contributed by atoms with Gasteiger partial charge >= 0.3 is 0 Å². The monoisotopic (exact) mass is 474 g/mol. The molecule has 3 aromatic heterocycles. The van der Waals surface area contributed by atoms with Gasteiger partial charge in [-0.3, -0.25) is 14.2 Å². The van der Waals surface area contributed by atoms with E-state index in [2.05, 4.69) is 15.1 Å². The Balaban J connectivity index is 1.16. The molecule has 0 spiro atoms. The Labute approximate surface area is 200 Å². The smallest absolute Gasteiger partial charge is 0.291 e. The number of oxazole rings is 1. The van der Waals surface area contributed by atoms with Gasteiger partial charge in [0.15, 0.2) is 11.5 Å². The Bertz CT molecular complexity index is 1460. The van der Waals surface area contributed by atoms with Crippen LogP contribution in [-0.4, -0.2) is 58.9 Å². The van der Waals surface area contributed by atoms with Crippen molar-refractivity contribution in [3.8, 4) is 5.69 Å². The minimum Gasteiger partial charge on any atom is -0.435 e. The van der Waals surface area contributed by atoms with Crippen molar-refractivity contribution in [1.82, 2.24) is 29.2 Å². The summed E-state index contributed by atoms with van der Waals surface area (Å²) in [5.41, 5.74) is 1.05. The van der Waals surface area contributed by atoms with Crippen LogP contribution in [0, 0.1) is 6.92 Å². The van der Waals surface area contributed by atoms with Crippen LogP contribution in [0.4, 0.5) is 0 Å². The van der Waals surface area contributed by atoms with Crippen LogP contribution in [0.25, 0.3) is 16.7 Å². The van der Waals surface area contributed by atoms with Gasteiger partial charge in [0.05, 0.1) is 30.2 Å². The number of carbonyl (C=O) groups excluding carboxylic acids is 1. The van der Waals surface area contributed by atoms with Crippen molar-refractivity contribution < 1.29 is 14.3 Å². The van der Waals surface area contributed by atoms with Crippen molar-refractivity contribution in [2.24, 2.45) is 0 Å². The minimum atomic E-state index is -1.12. The summed E-state index contributed by atoms with van der Waals surface area (Å²) in [4.78, 5) is 36.3. The topological polar surface area (TPSA) is 119 Å². The van der Waals surface area contributed by atoms with Crippen molar-refractivity contribution in [2.75, 3.05) is 13.1 Å². The highest BCUT2D eigenvalue weighted by Gasteiger charge is 2.36. The summed E-state index contributed by atoms with van der Waals surface area (Å²) in [5.74, 6) is 1.01. The van der Waals surface area contributed by atoms with Gasteiger partial charge in [-0.25, -0.2) is 14.6 Å². The zero-order chi connectivity index (χ0) is 24.2. The van der Waals surface area contributed by atoms with Gasteiger partial charge in [-0.15, -0.1) is 0 Å². The maximum Gasteiger partial charge on any atom is 0.291 e. The summed E-state index contributed by atoms with van der Waals surface area (Å²) >= 11 is 0. The number of hydrogen-bond acceptors (Lipinski definition) is 7. The Morgan fingerprint density at radius 1 is 1.14 bits per heavy atom. The molecule has 1 N–H and O–H groups in total. The fourth-order valence-corrected chi connectivity index (χ4v) is 4.60. The SMILES string of the molecule is Cc1ccc(-n2ncc3c(=O)n(CC4(O)CCN(C(=O)c5cnc(C6CC6)o5)CC4)cnc32)cc1. The van der Waals surface area contributed by atoms with E-state index < -0.39 is 5.60 Å². The van der Waals surface area contributed by atoms with E-state index in [9.17, 15) is 14.7 Å². The van der Waals surface area contributed by atoms with Gasteiger partial charge in [0.1, 0.15) is 11.7 Å². The van der Waals surface area contributed by atoms with Gasteiger partial charge in [0, 0.05) is 19.0 Å². The molecule has 1 saturated carbocycles. The first-order valence-electron chi connectivity index (χ1n) is 11.9. The van der Waals surface area contributed by atoms with Crippen LogP contribution in [0.2, 0.25) is 0 Å². The van der Waals surface area contributed by atoms with E-state index >= 15 is 0 Å². The lowest BCUT2D eigenvalue weighted by Gasteiger charge is -2.38. The Kier molecular flexibility index (Phi) is 5.06. The molecule has 4 heterocycles. The zero-order valence-corrected chi connectivity index (χ0v) is 19.4. The second kappa shape index (κ2) is 8.16. The van der Waals surface area contributed by atoms with Crippen LogP contribution in [0.1, 0.15) is 53.6 Å². The van der Waals surface area contributed by atoms with Crippen LogP contribution in [0.5, 0.6) is 0 Å². The van der Waals surface area contributed by atoms with Crippen molar-refractivity contribution in [3.05, 3.63) is 70.6 Å². The molecular formula is C25H26N6O4. The number of carbonyl (C=O) groups is 1. The molecule has 10 nitrogen and oxygen atoms in total.